The quantitative estimate of drug-likeness (QED) is 0.787. The third-order valence-electron chi connectivity index (χ3n) is 3.26. The van der Waals surface area contributed by atoms with Crippen molar-refractivity contribution in [1.29, 1.82) is 0 Å². The van der Waals surface area contributed by atoms with Crippen LogP contribution < -0.4 is 5.32 Å². The average Bonchev–Trinajstić information content (AvgIpc) is 2.34. The third-order valence-corrected chi connectivity index (χ3v) is 3.26. The van der Waals surface area contributed by atoms with Gasteiger partial charge < -0.3 is 10.4 Å². The van der Waals surface area contributed by atoms with Gasteiger partial charge in [-0.2, -0.15) is 0 Å². The lowest BCUT2D eigenvalue weighted by atomic mass is 10.0. The van der Waals surface area contributed by atoms with Gasteiger partial charge in [-0.15, -0.1) is 0 Å². The summed E-state index contributed by atoms with van der Waals surface area (Å²) >= 11 is 0. The summed E-state index contributed by atoms with van der Waals surface area (Å²) in [5.41, 5.74) is 0.0800. The predicted molar refractivity (Wildman–Crippen MR) is 68.3 cm³/mol. The van der Waals surface area contributed by atoms with Gasteiger partial charge >= 0.3 is 0 Å². The number of nitrogens with one attached hydrogen (secondary N) is 1. The van der Waals surface area contributed by atoms with Crippen LogP contribution in [0.1, 0.15) is 38.3 Å². The molecule has 102 valence electrons. The van der Waals surface area contributed by atoms with Crippen molar-refractivity contribution in [2.75, 3.05) is 13.2 Å². The first-order chi connectivity index (χ1) is 8.60. The lowest BCUT2D eigenvalue weighted by Gasteiger charge is -2.20. The third kappa shape index (κ3) is 4.03. The molecule has 0 heterocycles. The molecule has 0 aliphatic rings. The van der Waals surface area contributed by atoms with Gasteiger partial charge in [-0.25, -0.2) is 8.78 Å². The molecule has 1 aromatic carbocycles. The van der Waals surface area contributed by atoms with E-state index in [1.165, 1.54) is 18.2 Å². The number of hydrogen-bond acceptors (Lipinski definition) is 2. The minimum atomic E-state index is -0.523. The summed E-state index contributed by atoms with van der Waals surface area (Å²) in [6, 6.07) is 3.52. The molecule has 0 bridgehead atoms. The molecule has 0 spiro atoms. The summed E-state index contributed by atoms with van der Waals surface area (Å²) in [5.74, 6) is -0.720. The maximum Gasteiger partial charge on any atom is 0.130 e. The Morgan fingerprint density at radius 2 is 1.89 bits per heavy atom. The Kier molecular flexibility index (Phi) is 6.22. The van der Waals surface area contributed by atoms with E-state index in [-0.39, 0.29) is 18.2 Å². The number of aliphatic hydroxyl groups is 1. The van der Waals surface area contributed by atoms with Gasteiger partial charge in [0.2, 0.25) is 0 Å². The Morgan fingerprint density at radius 1 is 1.28 bits per heavy atom. The molecule has 0 saturated carbocycles. The predicted octanol–water partition coefficient (Wildman–Crippen LogP) is 3.02. The summed E-state index contributed by atoms with van der Waals surface area (Å²) in [6.45, 7) is 4.57. The van der Waals surface area contributed by atoms with E-state index in [0.717, 1.165) is 6.42 Å². The molecule has 2 atom stereocenters. The zero-order valence-corrected chi connectivity index (χ0v) is 10.9. The van der Waals surface area contributed by atoms with Crippen molar-refractivity contribution >= 4 is 0 Å². The van der Waals surface area contributed by atoms with Crippen molar-refractivity contribution in [3.8, 4) is 0 Å². The van der Waals surface area contributed by atoms with E-state index in [1.54, 1.807) is 6.92 Å². The fraction of sp³-hybridized carbons (Fsp3) is 0.571. The molecule has 2 N–H and O–H groups in total. The van der Waals surface area contributed by atoms with Gasteiger partial charge in [-0.3, -0.25) is 0 Å². The van der Waals surface area contributed by atoms with Gasteiger partial charge in [0.1, 0.15) is 11.6 Å². The van der Waals surface area contributed by atoms with Gasteiger partial charge in [0.05, 0.1) is 0 Å². The summed E-state index contributed by atoms with van der Waals surface area (Å²) < 4.78 is 27.1. The Hall–Kier alpha value is -1.00. The van der Waals surface area contributed by atoms with Crippen LogP contribution in [0.3, 0.4) is 0 Å². The Bertz CT molecular complexity index is 351. The van der Waals surface area contributed by atoms with Crippen LogP contribution in [0.4, 0.5) is 8.78 Å². The van der Waals surface area contributed by atoms with Crippen LogP contribution >= 0.6 is 0 Å². The smallest absolute Gasteiger partial charge is 0.130 e. The first-order valence-corrected chi connectivity index (χ1v) is 6.38. The molecule has 2 unspecified atom stereocenters. The molecule has 1 rings (SSSR count). The summed E-state index contributed by atoms with van der Waals surface area (Å²) in [6.07, 6.45) is 1.63. The Morgan fingerprint density at radius 3 is 2.39 bits per heavy atom. The molecule has 0 aromatic heterocycles. The van der Waals surface area contributed by atoms with E-state index in [4.69, 9.17) is 5.11 Å². The highest BCUT2D eigenvalue weighted by atomic mass is 19.1. The van der Waals surface area contributed by atoms with Crippen molar-refractivity contribution in [3.05, 3.63) is 35.4 Å². The lowest BCUT2D eigenvalue weighted by Crippen LogP contribution is -2.27. The maximum atomic E-state index is 13.5. The molecule has 1 aromatic rings. The molecule has 18 heavy (non-hydrogen) atoms. The normalized spacial score (nSPS) is 14.5. The highest BCUT2D eigenvalue weighted by Gasteiger charge is 2.16. The zero-order valence-electron chi connectivity index (χ0n) is 10.9. The SMILES string of the molecule is CCC(CCO)CNC(C)c1c(F)cccc1F. The molecule has 0 aliphatic carbocycles. The highest BCUT2D eigenvalue weighted by Crippen LogP contribution is 2.20. The number of rotatable bonds is 7. The fourth-order valence-corrected chi connectivity index (χ4v) is 2.00. The number of hydrogen-bond donors (Lipinski definition) is 2. The molecular weight excluding hydrogens is 236 g/mol. The first kappa shape index (κ1) is 15.1. The lowest BCUT2D eigenvalue weighted by molar-refractivity contribution is 0.248. The Labute approximate surface area is 107 Å². The molecule has 0 aliphatic heterocycles. The van der Waals surface area contributed by atoms with Crippen LogP contribution in [0.2, 0.25) is 0 Å². The van der Waals surface area contributed by atoms with Crippen molar-refractivity contribution in [1.82, 2.24) is 5.32 Å². The van der Waals surface area contributed by atoms with Crippen molar-refractivity contribution in [3.63, 3.8) is 0 Å². The van der Waals surface area contributed by atoms with Gasteiger partial charge in [-0.05, 0) is 37.9 Å². The molecule has 4 heteroatoms. The van der Waals surface area contributed by atoms with Gasteiger partial charge in [0.15, 0.2) is 0 Å². The second kappa shape index (κ2) is 7.44. The van der Waals surface area contributed by atoms with E-state index < -0.39 is 11.6 Å². The van der Waals surface area contributed by atoms with Crippen LogP contribution in [0.25, 0.3) is 0 Å². The maximum absolute atomic E-state index is 13.5. The topological polar surface area (TPSA) is 32.3 Å². The highest BCUT2D eigenvalue weighted by molar-refractivity contribution is 5.22. The van der Waals surface area contributed by atoms with E-state index in [2.05, 4.69) is 5.32 Å². The minimum Gasteiger partial charge on any atom is -0.396 e. The second-order valence-corrected chi connectivity index (χ2v) is 4.55. The van der Waals surface area contributed by atoms with E-state index in [1.807, 2.05) is 6.92 Å². The zero-order chi connectivity index (χ0) is 13.5. The van der Waals surface area contributed by atoms with Crippen molar-refractivity contribution < 1.29 is 13.9 Å². The number of halogens is 2. The summed E-state index contributed by atoms with van der Waals surface area (Å²) in [7, 11) is 0. The van der Waals surface area contributed by atoms with Gasteiger partial charge in [0.25, 0.3) is 0 Å². The van der Waals surface area contributed by atoms with Crippen molar-refractivity contribution in [2.24, 2.45) is 5.92 Å². The van der Waals surface area contributed by atoms with Crippen LogP contribution in [-0.2, 0) is 0 Å². The Balaban J connectivity index is 2.62. The standard InChI is InChI=1S/C14H21F2NO/c1-3-11(7-8-18)9-17-10(2)14-12(15)5-4-6-13(14)16/h4-6,10-11,17-18H,3,7-9H2,1-2H3. The molecule has 2 nitrogen and oxygen atoms in total. The van der Waals surface area contributed by atoms with Crippen molar-refractivity contribution in [2.45, 2.75) is 32.7 Å². The van der Waals surface area contributed by atoms with E-state index in [9.17, 15) is 8.78 Å². The second-order valence-electron chi connectivity index (χ2n) is 4.55. The number of benzene rings is 1. The van der Waals surface area contributed by atoms with E-state index >= 15 is 0 Å². The van der Waals surface area contributed by atoms with Crippen LogP contribution in [0, 0.1) is 17.6 Å². The van der Waals surface area contributed by atoms with Crippen LogP contribution in [0.15, 0.2) is 18.2 Å². The molecule has 0 amide bonds. The minimum absolute atomic E-state index is 0.0800. The molecule has 0 saturated heterocycles. The van der Waals surface area contributed by atoms with Gasteiger partial charge in [0, 0.05) is 18.2 Å². The molecule has 0 radical (unpaired) electrons. The van der Waals surface area contributed by atoms with Crippen LogP contribution in [-0.4, -0.2) is 18.3 Å². The summed E-state index contributed by atoms with van der Waals surface area (Å²) in [5, 5.41) is 12.0. The van der Waals surface area contributed by atoms with E-state index in [0.29, 0.717) is 18.9 Å². The monoisotopic (exact) mass is 257 g/mol. The van der Waals surface area contributed by atoms with Crippen LogP contribution in [0.5, 0.6) is 0 Å². The molecule has 0 fully saturated rings. The largest absolute Gasteiger partial charge is 0.396 e. The fourth-order valence-electron chi connectivity index (χ4n) is 2.00. The first-order valence-electron chi connectivity index (χ1n) is 6.38. The number of aliphatic hydroxyl groups excluding tert-OH is 1. The molecular formula is C14H21F2NO. The summed E-state index contributed by atoms with van der Waals surface area (Å²) in [4.78, 5) is 0. The van der Waals surface area contributed by atoms with Gasteiger partial charge in [-0.1, -0.05) is 19.4 Å². The average molecular weight is 257 g/mol.